The fourth-order valence-corrected chi connectivity index (χ4v) is 23.8. The van der Waals surface area contributed by atoms with Crippen molar-refractivity contribution in [1.29, 1.82) is 0 Å². The normalized spacial score (nSPS) is 11.2. The summed E-state index contributed by atoms with van der Waals surface area (Å²) in [4.78, 5) is 114. The number of thioether (sulfide) groups is 6. The highest BCUT2D eigenvalue weighted by Crippen LogP contribution is 2.43. The van der Waals surface area contributed by atoms with E-state index in [0.29, 0.717) is 104 Å². The lowest BCUT2D eigenvalue weighted by Crippen LogP contribution is -2.42. The number of thiazole rings is 6. The molecule has 2 amide bonds. The number of aromatic carboxylic acids is 1. The van der Waals surface area contributed by atoms with Gasteiger partial charge in [-0.2, -0.15) is 0 Å². The lowest BCUT2D eigenvalue weighted by atomic mass is 10.1. The number of carboxylic acids is 1. The molecule has 0 aliphatic rings. The standard InChI is InChI=1S/C23H17FN4O3S3.C16H12ClFN4O2S2.C16H10ClFN4OS2.C16H11FN4O2S2.C10H9ClN2O2S2.C8H5ClN2O2S2/c1-13-3-9-16(10-4-13)34(29,30)20-17(12-25-22-19(20)26-23(32-2)33-22)21-28-27-18(31-21)11-14-5-7-15(24)8-6-14;1-25-16-20-13-12(17)10(7-19-15(13)26-16)14(24)22-21-11(23)6-8-2-4-9(18)5-3-8;1-24-16-20-13-12(17)10(7-19-15(13)25-16)14-22-21-11(23-14)6-8-2-4-9(18)5-3-8;1-24-16-19-12-13(22)10(7-18-15(12)25-16)14-21-20-11(23-14)6-8-2-4-9(17)5-3-8;1-3-15-9(14)5-4-12-8-7(6(5)11)13-10(16-2)17-8;1-14-8-11-5-4(9)3(7(12)13)2-10-6(5)15-8/h3-10,12H,11H2,1-2H3;2-5,7H,6H2,1H3,(H,21,23)(H,22,24);2-5,7H,6H2,1H3;2-5,7H,6H2,1H3,(H,18,22);4H,3H2,1-2H3;2H,1H3,(H,12,13). The van der Waals surface area contributed by atoms with Crippen LogP contribution in [0.3, 0.4) is 0 Å². The molecule has 0 saturated heterocycles. The summed E-state index contributed by atoms with van der Waals surface area (Å²) in [6.45, 7) is 3.94. The molecule has 142 heavy (non-hydrogen) atoms. The molecule has 0 bridgehead atoms. The summed E-state index contributed by atoms with van der Waals surface area (Å²) in [6.07, 6.45) is 21.1. The number of pyridine rings is 6. The average Bonchev–Trinajstić information content (AvgIpc) is 1.56. The van der Waals surface area contributed by atoms with Gasteiger partial charge < -0.3 is 28.1 Å². The summed E-state index contributed by atoms with van der Waals surface area (Å²) in [5, 5.41) is 34.1. The highest BCUT2D eigenvalue weighted by atomic mass is 35.5. The van der Waals surface area contributed by atoms with Crippen LogP contribution in [0.1, 0.15) is 83.5 Å². The summed E-state index contributed by atoms with van der Waals surface area (Å²) >= 11 is 42.1. The monoisotopic (exact) mass is 2240 g/mol. The Hall–Kier alpha value is -11.6. The third-order valence-corrected chi connectivity index (χ3v) is 34.4. The van der Waals surface area contributed by atoms with Gasteiger partial charge in [0.2, 0.25) is 38.8 Å². The second kappa shape index (κ2) is 47.7. The molecular formula is C89H64Cl4F4N20O12S13. The van der Waals surface area contributed by atoms with Crippen LogP contribution in [0.15, 0.2) is 212 Å². The van der Waals surface area contributed by atoms with Gasteiger partial charge in [-0.05, 0) is 134 Å². The van der Waals surface area contributed by atoms with Crippen LogP contribution in [0, 0.1) is 30.2 Å². The molecule has 0 atom stereocenters. The molecule has 0 unspecified atom stereocenters. The number of hydrogen-bond acceptors (Lipinski definition) is 40. The number of nitrogens with zero attached hydrogens (tertiary/aromatic N) is 17. The SMILES string of the molecule is CCOC(=O)c1cnc2sc(SC)nc2c1Cl.CSc1nc2c(=O)c(-c3nnc(Cc4ccc(F)cc4)o3)c[nH]c2s1.CSc1nc2c(Cl)c(-c3nnc(Cc4ccc(F)cc4)o3)cnc2s1.CSc1nc2c(Cl)c(C(=O)NNC(=O)Cc3ccc(F)cc3)cnc2s1.CSc1nc2c(Cl)c(C(=O)O)cnc2s1.CSc1nc2c(S(=O)(=O)c3ccc(C)cc3)c(-c3nnc(Cc4ccc(F)cc4)o3)cnc2s1. The third-order valence-electron chi connectivity index (χ3n) is 19.3. The van der Waals surface area contributed by atoms with Crippen molar-refractivity contribution in [2.75, 3.05) is 44.1 Å². The largest absolute Gasteiger partial charge is 0.478 e. The second-order valence-corrected chi connectivity index (χ2v) is 44.2. The van der Waals surface area contributed by atoms with E-state index in [-0.39, 0.29) is 118 Å². The molecule has 20 rings (SSSR count). The van der Waals surface area contributed by atoms with E-state index in [1.54, 1.807) is 91.7 Å². The Bertz CT molecular complexity index is 8230. The van der Waals surface area contributed by atoms with Crippen molar-refractivity contribution < 1.29 is 68.3 Å². The Kier molecular flexibility index (Phi) is 35.2. The molecule has 15 aromatic heterocycles. The number of carbonyl (C=O) groups is 4. The number of carbonyl (C=O) groups excluding carboxylic acids is 3. The molecule has 5 aromatic carbocycles. The van der Waals surface area contributed by atoms with Gasteiger partial charge in [-0.15, -0.1) is 30.6 Å². The molecule has 53 heteroatoms. The average molecular weight is 2240 g/mol. The molecule has 20 aromatic rings. The van der Waals surface area contributed by atoms with Crippen molar-refractivity contribution in [1.82, 2.24) is 101 Å². The Morgan fingerprint density at radius 2 is 0.782 bits per heavy atom. The number of aromatic amines is 1. The molecular weight excluding hydrogens is 2180 g/mol. The predicted octanol–water partition coefficient (Wildman–Crippen LogP) is 22.9. The maximum Gasteiger partial charge on any atom is 0.341 e. The van der Waals surface area contributed by atoms with Crippen molar-refractivity contribution in [3.63, 3.8) is 0 Å². The number of sulfone groups is 1. The Balaban J connectivity index is 0.000000131. The summed E-state index contributed by atoms with van der Waals surface area (Å²) in [5.74, 6) is -2.43. The van der Waals surface area contributed by atoms with Gasteiger partial charge in [0.15, 0.2) is 26.0 Å². The van der Waals surface area contributed by atoms with Gasteiger partial charge in [0.1, 0.15) is 95.8 Å². The Morgan fingerprint density at radius 3 is 1.21 bits per heavy atom. The number of rotatable bonds is 23. The number of aromatic nitrogens is 18. The van der Waals surface area contributed by atoms with Crippen LogP contribution in [0.2, 0.25) is 20.1 Å². The zero-order valence-electron chi connectivity index (χ0n) is 73.9. The number of carboxylic acid groups (broad SMARTS) is 1. The summed E-state index contributed by atoms with van der Waals surface area (Å²) < 4.78 is 106. The van der Waals surface area contributed by atoms with Gasteiger partial charge in [0.25, 0.3) is 23.6 Å². The fourth-order valence-electron chi connectivity index (χ4n) is 12.5. The van der Waals surface area contributed by atoms with Crippen molar-refractivity contribution in [3.05, 3.63) is 274 Å². The zero-order valence-corrected chi connectivity index (χ0v) is 87.6. The maximum absolute atomic E-state index is 13.8. The highest BCUT2D eigenvalue weighted by molar-refractivity contribution is 8.01. The predicted molar refractivity (Wildman–Crippen MR) is 551 cm³/mol. The van der Waals surface area contributed by atoms with Gasteiger partial charge in [0, 0.05) is 37.2 Å². The van der Waals surface area contributed by atoms with Crippen molar-refractivity contribution >= 4 is 281 Å². The molecule has 32 nitrogen and oxygen atoms in total. The van der Waals surface area contributed by atoms with Crippen LogP contribution in [-0.2, 0) is 45.1 Å². The topological polar surface area (TPSA) is 447 Å². The quantitative estimate of drug-likeness (QED) is 0.0200. The van der Waals surface area contributed by atoms with E-state index < -0.39 is 33.6 Å². The first-order valence-corrected chi connectivity index (χ1v) is 55.8. The van der Waals surface area contributed by atoms with Crippen LogP contribution >= 0.6 is 185 Å². The highest BCUT2D eigenvalue weighted by Gasteiger charge is 2.32. The van der Waals surface area contributed by atoms with E-state index >= 15 is 0 Å². The molecule has 0 aliphatic carbocycles. The van der Waals surface area contributed by atoms with Gasteiger partial charge in [-0.1, -0.05) is 251 Å². The fraction of sp³-hybridized carbons (Fsp3) is 0.146. The lowest BCUT2D eigenvalue weighted by Gasteiger charge is -2.09. The molecule has 0 fully saturated rings. The lowest BCUT2D eigenvalue weighted by molar-refractivity contribution is -0.121. The van der Waals surface area contributed by atoms with Crippen LogP contribution in [0.5, 0.6) is 0 Å². The molecule has 15 heterocycles. The van der Waals surface area contributed by atoms with Gasteiger partial charge in [0.05, 0.1) is 85.1 Å². The first-order valence-electron chi connectivity index (χ1n) is 40.5. The summed E-state index contributed by atoms with van der Waals surface area (Å²) in [6, 6.07) is 30.3. The minimum absolute atomic E-state index is 0.00521. The second-order valence-electron chi connectivity index (χ2n) is 28.6. The molecule has 726 valence electrons. The molecule has 0 spiro atoms. The number of hydrazine groups is 1. The number of benzene rings is 5. The maximum atomic E-state index is 13.8. The zero-order chi connectivity index (χ0) is 101. The van der Waals surface area contributed by atoms with E-state index in [4.69, 9.17) is 69.5 Å². The van der Waals surface area contributed by atoms with Crippen molar-refractivity contribution in [2.24, 2.45) is 0 Å². The Morgan fingerprint density at radius 1 is 0.430 bits per heavy atom. The summed E-state index contributed by atoms with van der Waals surface area (Å²) in [5.41, 5.74) is 12.5. The number of ether oxygens (including phenoxy) is 1. The minimum atomic E-state index is -3.98. The number of amides is 2. The number of H-pyrrole nitrogens is 1. The molecule has 0 radical (unpaired) electrons. The third kappa shape index (κ3) is 25.2. The number of aryl methyl sites for hydroxylation is 1. The molecule has 4 N–H and O–H groups in total. The van der Waals surface area contributed by atoms with Gasteiger partial charge in [-0.3, -0.25) is 25.2 Å². The van der Waals surface area contributed by atoms with E-state index in [0.717, 1.165) is 53.6 Å². The van der Waals surface area contributed by atoms with Gasteiger partial charge >= 0.3 is 11.9 Å². The number of halogens is 8. The van der Waals surface area contributed by atoms with Gasteiger partial charge in [-0.25, -0.2) is 90.4 Å². The van der Waals surface area contributed by atoms with Crippen LogP contribution < -0.4 is 16.3 Å². The minimum Gasteiger partial charge on any atom is -0.478 e. The van der Waals surface area contributed by atoms with Crippen LogP contribution in [0.4, 0.5) is 17.6 Å². The molecule has 0 aliphatic heterocycles. The van der Waals surface area contributed by atoms with Crippen molar-refractivity contribution in [3.8, 4) is 34.4 Å². The van der Waals surface area contributed by atoms with Crippen LogP contribution in [0.25, 0.3) is 96.4 Å². The first kappa shape index (κ1) is 105. The number of hydrogen-bond donors (Lipinski definition) is 4. The number of fused-ring (bicyclic) bond motifs is 6. The number of nitrogens with one attached hydrogen (secondary N) is 3. The summed E-state index contributed by atoms with van der Waals surface area (Å²) in [7, 11) is -3.98. The smallest absolute Gasteiger partial charge is 0.341 e. The van der Waals surface area contributed by atoms with E-state index in [2.05, 4.69) is 101 Å². The van der Waals surface area contributed by atoms with Crippen LogP contribution in [-0.4, -0.2) is 172 Å². The van der Waals surface area contributed by atoms with Crippen molar-refractivity contribution in [2.45, 2.75) is 75.4 Å². The number of esters is 1. The Labute approximate surface area is 870 Å². The molecule has 0 saturated carbocycles. The van der Waals surface area contributed by atoms with E-state index in [9.17, 15) is 50.0 Å². The first-order chi connectivity index (χ1) is 68.4. The van der Waals surface area contributed by atoms with E-state index in [1.807, 2.05) is 44.5 Å². The van der Waals surface area contributed by atoms with E-state index in [1.165, 1.54) is 212 Å².